The van der Waals surface area contributed by atoms with Gasteiger partial charge in [-0.2, -0.15) is 5.10 Å². The van der Waals surface area contributed by atoms with E-state index in [2.05, 4.69) is 20.8 Å². The van der Waals surface area contributed by atoms with Crippen LogP contribution < -0.4 is 16.6 Å². The van der Waals surface area contributed by atoms with Crippen LogP contribution in [0, 0.1) is 25.5 Å². The molecule has 0 radical (unpaired) electrons. The molecule has 6 nitrogen and oxygen atoms in total. The zero-order chi connectivity index (χ0) is 14.9. The van der Waals surface area contributed by atoms with Crippen LogP contribution in [0.2, 0.25) is 0 Å². The van der Waals surface area contributed by atoms with Gasteiger partial charge in [-0.25, -0.2) is 19.6 Å². The third-order valence-corrected chi connectivity index (χ3v) is 3.16. The number of halogens is 2. The molecule has 8 heteroatoms. The molecule has 0 spiro atoms. The second-order valence-electron chi connectivity index (χ2n) is 4.42. The molecule has 2 aromatic rings. The summed E-state index contributed by atoms with van der Waals surface area (Å²) in [5.41, 5.74) is 4.84. The van der Waals surface area contributed by atoms with Gasteiger partial charge >= 0.3 is 0 Å². The minimum absolute atomic E-state index is 0.0676. The minimum atomic E-state index is -0.843. The van der Waals surface area contributed by atoms with Crippen molar-refractivity contribution >= 4 is 11.6 Å². The van der Waals surface area contributed by atoms with Gasteiger partial charge in [0.1, 0.15) is 0 Å². The predicted octanol–water partition coefficient (Wildman–Crippen LogP) is 1.61. The molecule has 0 amide bonds. The van der Waals surface area contributed by atoms with Crippen molar-refractivity contribution < 1.29 is 8.78 Å². The molecular formula is C12H16F2N6. The Morgan fingerprint density at radius 1 is 1.25 bits per heavy atom. The van der Waals surface area contributed by atoms with Gasteiger partial charge in [0.25, 0.3) is 0 Å². The van der Waals surface area contributed by atoms with E-state index in [1.165, 1.54) is 0 Å². The van der Waals surface area contributed by atoms with Crippen molar-refractivity contribution in [3.05, 3.63) is 34.7 Å². The predicted molar refractivity (Wildman–Crippen MR) is 72.0 cm³/mol. The van der Waals surface area contributed by atoms with Gasteiger partial charge in [-0.05, 0) is 13.8 Å². The molecule has 2 rings (SSSR count). The molecule has 0 aliphatic heterocycles. The Bertz CT molecular complexity index is 637. The molecule has 2 heterocycles. The van der Waals surface area contributed by atoms with Gasteiger partial charge in [0.05, 0.1) is 5.69 Å². The summed E-state index contributed by atoms with van der Waals surface area (Å²) in [5.74, 6) is 3.21. The zero-order valence-corrected chi connectivity index (χ0v) is 11.5. The average molecular weight is 282 g/mol. The number of hydrazine groups is 1. The number of hydrogen-bond donors (Lipinski definition) is 3. The Labute approximate surface area is 115 Å². The monoisotopic (exact) mass is 282 g/mol. The molecule has 0 unspecified atom stereocenters. The van der Waals surface area contributed by atoms with E-state index in [1.54, 1.807) is 4.68 Å². The Morgan fingerprint density at radius 2 is 1.90 bits per heavy atom. The number of aryl methyl sites for hydroxylation is 2. The lowest BCUT2D eigenvalue weighted by Gasteiger charge is -2.09. The van der Waals surface area contributed by atoms with E-state index in [0.717, 1.165) is 23.0 Å². The van der Waals surface area contributed by atoms with Crippen molar-refractivity contribution in [3.63, 3.8) is 0 Å². The van der Waals surface area contributed by atoms with Crippen molar-refractivity contribution in [3.8, 4) is 0 Å². The van der Waals surface area contributed by atoms with Gasteiger partial charge in [-0.15, -0.1) is 0 Å². The normalized spacial score (nSPS) is 10.7. The standard InChI is InChI=1S/C12H16F2N6/c1-6-8(7(2)20(3)19-6)5-16-11-9(13)4-10(14)12(17-11)18-15/h4H,5,15H2,1-3H3,(H2,16,17,18). The summed E-state index contributed by atoms with van der Waals surface area (Å²) < 4.78 is 28.6. The maximum atomic E-state index is 13.6. The van der Waals surface area contributed by atoms with Crippen molar-refractivity contribution in [2.24, 2.45) is 12.9 Å². The lowest BCUT2D eigenvalue weighted by atomic mass is 10.2. The molecule has 0 aliphatic carbocycles. The first kappa shape index (κ1) is 14.2. The molecule has 0 aromatic carbocycles. The summed E-state index contributed by atoms with van der Waals surface area (Å²) in [5, 5.41) is 7.09. The lowest BCUT2D eigenvalue weighted by molar-refractivity contribution is 0.578. The fourth-order valence-corrected chi connectivity index (χ4v) is 1.94. The quantitative estimate of drug-likeness (QED) is 0.586. The maximum Gasteiger partial charge on any atom is 0.178 e. The number of nitrogens with two attached hydrogens (primary N) is 1. The van der Waals surface area contributed by atoms with E-state index in [1.807, 2.05) is 20.9 Å². The molecule has 2 aromatic heterocycles. The molecule has 20 heavy (non-hydrogen) atoms. The van der Waals surface area contributed by atoms with Crippen molar-refractivity contribution in [1.29, 1.82) is 0 Å². The van der Waals surface area contributed by atoms with Gasteiger partial charge in [0.2, 0.25) is 0 Å². The lowest BCUT2D eigenvalue weighted by Crippen LogP contribution is -2.13. The number of nitrogens with one attached hydrogen (secondary N) is 2. The van der Waals surface area contributed by atoms with Crippen LogP contribution in [-0.4, -0.2) is 14.8 Å². The van der Waals surface area contributed by atoms with E-state index in [9.17, 15) is 8.78 Å². The molecule has 108 valence electrons. The second kappa shape index (κ2) is 5.41. The highest BCUT2D eigenvalue weighted by Gasteiger charge is 2.13. The fourth-order valence-electron chi connectivity index (χ4n) is 1.94. The third-order valence-electron chi connectivity index (χ3n) is 3.16. The SMILES string of the molecule is Cc1nn(C)c(C)c1CNc1nc(NN)c(F)cc1F. The molecule has 0 aliphatic rings. The number of hydrogen-bond acceptors (Lipinski definition) is 5. The van der Waals surface area contributed by atoms with Crippen LogP contribution in [0.15, 0.2) is 6.07 Å². The second-order valence-corrected chi connectivity index (χ2v) is 4.42. The minimum Gasteiger partial charge on any atom is -0.363 e. The first-order valence-electron chi connectivity index (χ1n) is 5.99. The van der Waals surface area contributed by atoms with Crippen LogP contribution in [0.1, 0.15) is 17.0 Å². The highest BCUT2D eigenvalue weighted by molar-refractivity contribution is 5.47. The summed E-state index contributed by atoms with van der Waals surface area (Å²) in [6, 6.07) is 0.730. The Balaban J connectivity index is 2.23. The Kier molecular flexibility index (Phi) is 3.84. The molecule has 0 saturated carbocycles. The summed E-state index contributed by atoms with van der Waals surface area (Å²) in [4.78, 5) is 3.75. The van der Waals surface area contributed by atoms with Crippen molar-refractivity contribution in [2.75, 3.05) is 10.7 Å². The topological polar surface area (TPSA) is 80.8 Å². The highest BCUT2D eigenvalue weighted by atomic mass is 19.1. The summed E-state index contributed by atoms with van der Waals surface area (Å²) in [6.45, 7) is 4.12. The van der Waals surface area contributed by atoms with Gasteiger partial charge in [-0.1, -0.05) is 0 Å². The number of nitrogen functional groups attached to an aromatic ring is 1. The third kappa shape index (κ3) is 2.55. The van der Waals surface area contributed by atoms with Crippen LogP contribution in [0.25, 0.3) is 0 Å². The number of rotatable bonds is 4. The van der Waals surface area contributed by atoms with Gasteiger partial charge in [0.15, 0.2) is 23.3 Å². The van der Waals surface area contributed by atoms with E-state index in [4.69, 9.17) is 5.84 Å². The van der Waals surface area contributed by atoms with Crippen LogP contribution in [0.3, 0.4) is 0 Å². The number of pyridine rings is 1. The first-order valence-corrected chi connectivity index (χ1v) is 5.99. The smallest absolute Gasteiger partial charge is 0.178 e. The van der Waals surface area contributed by atoms with E-state index >= 15 is 0 Å². The fraction of sp³-hybridized carbons (Fsp3) is 0.333. The van der Waals surface area contributed by atoms with E-state index < -0.39 is 11.6 Å². The zero-order valence-electron chi connectivity index (χ0n) is 11.5. The van der Waals surface area contributed by atoms with Crippen molar-refractivity contribution in [2.45, 2.75) is 20.4 Å². The molecule has 0 atom stereocenters. The largest absolute Gasteiger partial charge is 0.363 e. The number of anilines is 2. The van der Waals surface area contributed by atoms with Crippen LogP contribution in [-0.2, 0) is 13.6 Å². The van der Waals surface area contributed by atoms with E-state index in [-0.39, 0.29) is 11.6 Å². The van der Waals surface area contributed by atoms with E-state index in [0.29, 0.717) is 6.54 Å². The summed E-state index contributed by atoms with van der Waals surface area (Å²) in [7, 11) is 1.83. The summed E-state index contributed by atoms with van der Waals surface area (Å²) >= 11 is 0. The van der Waals surface area contributed by atoms with Gasteiger partial charge in [0, 0.05) is 30.9 Å². The van der Waals surface area contributed by atoms with Gasteiger partial charge in [-0.3, -0.25) is 4.68 Å². The maximum absolute atomic E-state index is 13.6. The van der Waals surface area contributed by atoms with Crippen LogP contribution in [0.5, 0.6) is 0 Å². The molecular weight excluding hydrogens is 266 g/mol. The number of aromatic nitrogens is 3. The van der Waals surface area contributed by atoms with Crippen LogP contribution in [0.4, 0.5) is 20.4 Å². The van der Waals surface area contributed by atoms with Crippen LogP contribution >= 0.6 is 0 Å². The Hall–Kier alpha value is -2.22. The Morgan fingerprint density at radius 3 is 2.45 bits per heavy atom. The first-order chi connectivity index (χ1) is 9.43. The average Bonchev–Trinajstić information content (AvgIpc) is 2.63. The molecule has 4 N–H and O–H groups in total. The van der Waals surface area contributed by atoms with Gasteiger partial charge < -0.3 is 10.7 Å². The molecule has 0 saturated heterocycles. The molecule has 0 fully saturated rings. The highest BCUT2D eigenvalue weighted by Crippen LogP contribution is 2.20. The molecule has 0 bridgehead atoms. The van der Waals surface area contributed by atoms with Crippen molar-refractivity contribution in [1.82, 2.24) is 14.8 Å². The number of nitrogens with zero attached hydrogens (tertiary/aromatic N) is 3. The summed E-state index contributed by atoms with van der Waals surface area (Å²) in [6.07, 6.45) is 0.